The molecule has 0 bridgehead atoms. The van der Waals surface area contributed by atoms with E-state index in [1.54, 1.807) is 0 Å². The van der Waals surface area contributed by atoms with Crippen LogP contribution in [-0.2, 0) is 4.79 Å². The Bertz CT molecular complexity index is 305. The molecule has 19 heavy (non-hydrogen) atoms. The van der Waals surface area contributed by atoms with Crippen molar-refractivity contribution in [2.24, 2.45) is 23.5 Å². The Morgan fingerprint density at radius 3 is 2.53 bits per heavy atom. The maximum absolute atomic E-state index is 12.2. The Morgan fingerprint density at radius 1 is 1.16 bits per heavy atom. The summed E-state index contributed by atoms with van der Waals surface area (Å²) in [4.78, 5) is 12.2. The zero-order chi connectivity index (χ0) is 13.8. The molecule has 5 atom stereocenters. The summed E-state index contributed by atoms with van der Waals surface area (Å²) in [6, 6.07) is 0.640. The van der Waals surface area contributed by atoms with Crippen LogP contribution in [0.4, 0.5) is 0 Å². The molecular weight excluding hydrogens is 236 g/mol. The topological polar surface area (TPSA) is 55.1 Å². The van der Waals surface area contributed by atoms with E-state index in [-0.39, 0.29) is 11.9 Å². The van der Waals surface area contributed by atoms with Gasteiger partial charge in [-0.2, -0.15) is 0 Å². The molecule has 0 aromatic heterocycles. The molecule has 0 aliphatic heterocycles. The van der Waals surface area contributed by atoms with Crippen molar-refractivity contribution in [3.05, 3.63) is 0 Å². The molecule has 0 aromatic rings. The van der Waals surface area contributed by atoms with Crippen LogP contribution in [0.1, 0.15) is 65.2 Å². The summed E-state index contributed by atoms with van der Waals surface area (Å²) in [5.74, 6) is 2.07. The first kappa shape index (κ1) is 14.8. The van der Waals surface area contributed by atoms with Crippen molar-refractivity contribution >= 4 is 5.91 Å². The van der Waals surface area contributed by atoms with Gasteiger partial charge in [0.15, 0.2) is 0 Å². The second-order valence-corrected chi connectivity index (χ2v) is 6.69. The Morgan fingerprint density at radius 2 is 1.89 bits per heavy atom. The molecule has 3 nitrogen and oxygen atoms in total. The Hall–Kier alpha value is -0.570. The molecular formula is C16H30N2O. The molecule has 1 amide bonds. The van der Waals surface area contributed by atoms with Gasteiger partial charge in [-0.15, -0.1) is 0 Å². The van der Waals surface area contributed by atoms with E-state index in [2.05, 4.69) is 19.2 Å². The minimum absolute atomic E-state index is 0.232. The molecule has 110 valence electrons. The van der Waals surface area contributed by atoms with Gasteiger partial charge in [-0.25, -0.2) is 0 Å². The first-order chi connectivity index (χ1) is 9.11. The largest absolute Gasteiger partial charge is 0.353 e. The Kier molecular flexibility index (Phi) is 5.26. The summed E-state index contributed by atoms with van der Waals surface area (Å²) < 4.78 is 0. The molecule has 0 aromatic carbocycles. The van der Waals surface area contributed by atoms with Crippen LogP contribution in [0, 0.1) is 17.8 Å². The van der Waals surface area contributed by atoms with Gasteiger partial charge in [-0.1, -0.05) is 33.1 Å². The lowest BCUT2D eigenvalue weighted by molar-refractivity contribution is -0.123. The monoisotopic (exact) mass is 266 g/mol. The number of nitrogens with two attached hydrogens (primary N) is 1. The van der Waals surface area contributed by atoms with Gasteiger partial charge in [0, 0.05) is 18.5 Å². The van der Waals surface area contributed by atoms with Crippen molar-refractivity contribution in [1.82, 2.24) is 5.32 Å². The number of amides is 1. The highest BCUT2D eigenvalue weighted by Crippen LogP contribution is 2.34. The molecule has 2 rings (SSSR count). The number of hydrogen-bond donors (Lipinski definition) is 2. The number of rotatable bonds is 4. The summed E-state index contributed by atoms with van der Waals surface area (Å²) in [6.07, 6.45) is 9.00. The zero-order valence-electron chi connectivity index (χ0n) is 12.5. The minimum Gasteiger partial charge on any atom is -0.353 e. The van der Waals surface area contributed by atoms with Crippen LogP contribution in [0.15, 0.2) is 0 Å². The van der Waals surface area contributed by atoms with Crippen molar-refractivity contribution in [2.75, 3.05) is 0 Å². The van der Waals surface area contributed by atoms with Gasteiger partial charge in [0.25, 0.3) is 0 Å². The van der Waals surface area contributed by atoms with E-state index in [0.717, 1.165) is 25.2 Å². The van der Waals surface area contributed by atoms with E-state index in [4.69, 9.17) is 5.73 Å². The van der Waals surface area contributed by atoms with Gasteiger partial charge in [-0.05, 0) is 43.4 Å². The third-order valence-electron chi connectivity index (χ3n) is 5.51. The fraction of sp³-hybridized carbons (Fsp3) is 0.938. The standard InChI is InChI=1S/C16H30N2O/c1-3-12-8-9-15(11(12)2)18-16(19)10-13-6-4-5-7-14(13)17/h11-15H,3-10,17H2,1-2H3,(H,18,19). The van der Waals surface area contributed by atoms with Crippen LogP contribution in [0.3, 0.4) is 0 Å². The maximum atomic E-state index is 12.2. The molecule has 0 spiro atoms. The smallest absolute Gasteiger partial charge is 0.220 e. The van der Waals surface area contributed by atoms with E-state index in [0.29, 0.717) is 24.3 Å². The molecule has 3 N–H and O–H groups in total. The van der Waals surface area contributed by atoms with E-state index < -0.39 is 0 Å². The van der Waals surface area contributed by atoms with Crippen LogP contribution in [-0.4, -0.2) is 18.0 Å². The molecule has 2 aliphatic carbocycles. The number of carbonyl (C=O) groups is 1. The molecule has 5 unspecified atom stereocenters. The van der Waals surface area contributed by atoms with Gasteiger partial charge in [0.05, 0.1) is 0 Å². The second kappa shape index (κ2) is 6.74. The van der Waals surface area contributed by atoms with E-state index in [1.165, 1.54) is 25.7 Å². The van der Waals surface area contributed by atoms with Gasteiger partial charge >= 0.3 is 0 Å². The molecule has 0 radical (unpaired) electrons. The van der Waals surface area contributed by atoms with Crippen molar-refractivity contribution in [1.29, 1.82) is 0 Å². The SMILES string of the molecule is CCC1CCC(NC(=O)CC2CCCCC2N)C1C. The van der Waals surface area contributed by atoms with Crippen LogP contribution in [0.5, 0.6) is 0 Å². The quantitative estimate of drug-likeness (QED) is 0.822. The number of hydrogen-bond acceptors (Lipinski definition) is 2. The zero-order valence-corrected chi connectivity index (χ0v) is 12.5. The normalized spacial score (nSPS) is 39.2. The van der Waals surface area contributed by atoms with Crippen LogP contribution in [0.2, 0.25) is 0 Å². The van der Waals surface area contributed by atoms with Crippen LogP contribution >= 0.6 is 0 Å². The summed E-state index contributed by atoms with van der Waals surface area (Å²) in [5.41, 5.74) is 6.13. The maximum Gasteiger partial charge on any atom is 0.220 e. The highest BCUT2D eigenvalue weighted by atomic mass is 16.1. The van der Waals surface area contributed by atoms with Crippen molar-refractivity contribution < 1.29 is 4.79 Å². The predicted octanol–water partition coefficient (Wildman–Crippen LogP) is 2.83. The van der Waals surface area contributed by atoms with Gasteiger partial charge in [-0.3, -0.25) is 4.79 Å². The fourth-order valence-electron chi connectivity index (χ4n) is 4.02. The molecule has 2 fully saturated rings. The average molecular weight is 266 g/mol. The molecule has 0 saturated heterocycles. The Labute approximate surface area is 117 Å². The molecule has 2 aliphatic rings. The lowest BCUT2D eigenvalue weighted by atomic mass is 9.82. The summed E-state index contributed by atoms with van der Waals surface area (Å²) >= 11 is 0. The van der Waals surface area contributed by atoms with Crippen molar-refractivity contribution in [3.63, 3.8) is 0 Å². The van der Waals surface area contributed by atoms with E-state index in [9.17, 15) is 4.79 Å². The van der Waals surface area contributed by atoms with E-state index in [1.807, 2.05) is 0 Å². The van der Waals surface area contributed by atoms with E-state index >= 15 is 0 Å². The van der Waals surface area contributed by atoms with Crippen molar-refractivity contribution in [2.45, 2.75) is 77.3 Å². The minimum atomic E-state index is 0.232. The average Bonchev–Trinajstić information content (AvgIpc) is 2.73. The van der Waals surface area contributed by atoms with Crippen molar-refractivity contribution in [3.8, 4) is 0 Å². The Balaban J connectivity index is 1.78. The molecule has 0 heterocycles. The highest BCUT2D eigenvalue weighted by Gasteiger charge is 2.33. The first-order valence-corrected chi connectivity index (χ1v) is 8.16. The summed E-state index contributed by atoms with van der Waals surface area (Å²) in [5, 5.41) is 3.27. The highest BCUT2D eigenvalue weighted by molar-refractivity contribution is 5.76. The predicted molar refractivity (Wildman–Crippen MR) is 78.7 cm³/mol. The number of carbonyl (C=O) groups excluding carboxylic acids is 1. The summed E-state index contributed by atoms with van der Waals surface area (Å²) in [7, 11) is 0. The fourth-order valence-corrected chi connectivity index (χ4v) is 4.02. The second-order valence-electron chi connectivity index (χ2n) is 6.69. The third-order valence-corrected chi connectivity index (χ3v) is 5.51. The van der Waals surface area contributed by atoms with Gasteiger partial charge < -0.3 is 11.1 Å². The lowest BCUT2D eigenvalue weighted by Crippen LogP contribution is -2.41. The molecule has 3 heteroatoms. The van der Waals surface area contributed by atoms with Crippen LogP contribution in [0.25, 0.3) is 0 Å². The summed E-state index contributed by atoms with van der Waals surface area (Å²) in [6.45, 7) is 4.55. The lowest BCUT2D eigenvalue weighted by Gasteiger charge is -2.29. The third kappa shape index (κ3) is 3.71. The first-order valence-electron chi connectivity index (χ1n) is 8.16. The van der Waals surface area contributed by atoms with Crippen LogP contribution < -0.4 is 11.1 Å². The molecule has 2 saturated carbocycles. The van der Waals surface area contributed by atoms with Gasteiger partial charge in [0.2, 0.25) is 5.91 Å². The number of nitrogens with one attached hydrogen (secondary N) is 1. The van der Waals surface area contributed by atoms with Gasteiger partial charge in [0.1, 0.15) is 0 Å².